The van der Waals surface area contributed by atoms with Gasteiger partial charge < -0.3 is 4.74 Å². The highest BCUT2D eigenvalue weighted by atomic mass is 35.5. The lowest BCUT2D eigenvalue weighted by Gasteiger charge is -2.30. The van der Waals surface area contributed by atoms with Crippen LogP contribution in [0.25, 0.3) is 0 Å². The molecule has 0 unspecified atom stereocenters. The van der Waals surface area contributed by atoms with Crippen molar-refractivity contribution < 1.29 is 27.1 Å². The fourth-order valence-electron chi connectivity index (χ4n) is 3.51. The van der Waals surface area contributed by atoms with Gasteiger partial charge in [-0.05, 0) is 29.7 Å². The number of halogens is 2. The van der Waals surface area contributed by atoms with Gasteiger partial charge in [-0.25, -0.2) is 17.6 Å². The molecular weight excluding hydrogens is 497 g/mol. The van der Waals surface area contributed by atoms with E-state index in [4.69, 9.17) is 16.3 Å². The molecule has 0 aromatic heterocycles. The van der Waals surface area contributed by atoms with E-state index in [9.17, 15) is 22.4 Å². The number of carbonyl (C=O) groups is 2. The van der Waals surface area contributed by atoms with E-state index in [1.165, 1.54) is 24.1 Å². The first-order chi connectivity index (χ1) is 16.2. The Labute approximate surface area is 208 Å². The number of imide groups is 1. The number of benzene rings is 2. The summed E-state index contributed by atoms with van der Waals surface area (Å²) in [6.07, 6.45) is 1.06. The van der Waals surface area contributed by atoms with Crippen LogP contribution >= 0.6 is 11.6 Å². The minimum atomic E-state index is -3.70. The maximum absolute atomic E-state index is 14.6. The monoisotopic (exact) mass is 521 g/mol. The van der Waals surface area contributed by atoms with E-state index in [-0.39, 0.29) is 40.6 Å². The number of urea groups is 1. The minimum absolute atomic E-state index is 0.134. The van der Waals surface area contributed by atoms with Gasteiger partial charge in [0.1, 0.15) is 5.75 Å². The normalized spacial score (nSPS) is 14.2. The molecule has 1 aliphatic rings. The van der Waals surface area contributed by atoms with E-state index >= 15 is 0 Å². The second-order valence-electron chi connectivity index (χ2n) is 8.99. The van der Waals surface area contributed by atoms with Crippen molar-refractivity contribution in [2.24, 2.45) is 0 Å². The Kier molecular flexibility index (Phi) is 7.34. The largest absolute Gasteiger partial charge is 0.495 e. The Hall–Kier alpha value is -3.29. The minimum Gasteiger partial charge on any atom is -0.495 e. The molecule has 0 aliphatic carbocycles. The third kappa shape index (κ3) is 6.05. The number of hydrogen-bond acceptors (Lipinski definition) is 5. The van der Waals surface area contributed by atoms with Gasteiger partial charge >= 0.3 is 6.03 Å². The third-order valence-corrected chi connectivity index (χ3v) is 6.12. The van der Waals surface area contributed by atoms with Crippen molar-refractivity contribution >= 4 is 44.9 Å². The van der Waals surface area contributed by atoms with Crippen LogP contribution in [0, 0.1) is 17.7 Å². The molecule has 2 aromatic rings. The highest BCUT2D eigenvalue weighted by molar-refractivity contribution is 7.92. The van der Waals surface area contributed by atoms with Crippen LogP contribution in [0.15, 0.2) is 24.3 Å². The Morgan fingerprint density at radius 2 is 1.83 bits per heavy atom. The average Bonchev–Trinajstić information content (AvgIpc) is 2.74. The second-order valence-corrected chi connectivity index (χ2v) is 11.1. The van der Waals surface area contributed by atoms with E-state index in [0.717, 1.165) is 11.8 Å². The van der Waals surface area contributed by atoms with E-state index in [1.807, 2.05) is 26.8 Å². The molecule has 1 saturated heterocycles. The van der Waals surface area contributed by atoms with Crippen molar-refractivity contribution in [3.05, 3.63) is 51.8 Å². The quantitative estimate of drug-likeness (QED) is 0.592. The molecule has 2 N–H and O–H groups in total. The van der Waals surface area contributed by atoms with Gasteiger partial charge in [-0.15, -0.1) is 0 Å². The lowest BCUT2D eigenvalue weighted by Crippen LogP contribution is -2.49. The van der Waals surface area contributed by atoms with Crippen LogP contribution in [0.2, 0.25) is 5.02 Å². The Bertz CT molecular complexity index is 1370. The first-order valence-electron chi connectivity index (χ1n) is 10.5. The summed E-state index contributed by atoms with van der Waals surface area (Å²) in [5.74, 6) is 4.94. The zero-order chi connectivity index (χ0) is 26.1. The van der Waals surface area contributed by atoms with E-state index in [1.54, 1.807) is 6.07 Å². The molecule has 0 atom stereocenters. The van der Waals surface area contributed by atoms with E-state index < -0.39 is 21.9 Å². The molecule has 8 nitrogen and oxygen atoms in total. The van der Waals surface area contributed by atoms with Gasteiger partial charge in [0.05, 0.1) is 29.6 Å². The smallest absolute Gasteiger partial charge is 0.328 e. The maximum Gasteiger partial charge on any atom is 0.328 e. The van der Waals surface area contributed by atoms with Gasteiger partial charge in [0, 0.05) is 29.8 Å². The Balaban J connectivity index is 2.13. The SMILES string of the molecule is COc1c(C#Cc2ccc(NS(C)(=O)=O)c(F)c2Cl)cc(N2CCC(=O)NC2=O)cc1C(C)(C)C. The summed E-state index contributed by atoms with van der Waals surface area (Å²) in [7, 11) is -2.20. The van der Waals surface area contributed by atoms with Crippen LogP contribution in [0.3, 0.4) is 0 Å². The summed E-state index contributed by atoms with van der Waals surface area (Å²) in [6.45, 7) is 6.14. The highest BCUT2D eigenvalue weighted by Crippen LogP contribution is 2.38. The zero-order valence-corrected chi connectivity index (χ0v) is 21.4. The number of carbonyl (C=O) groups excluding carboxylic acids is 2. The molecule has 0 spiro atoms. The topological polar surface area (TPSA) is 105 Å². The highest BCUT2D eigenvalue weighted by Gasteiger charge is 2.28. The molecule has 0 radical (unpaired) electrons. The van der Waals surface area contributed by atoms with Crippen molar-refractivity contribution in [2.45, 2.75) is 32.6 Å². The standard InChI is InChI=1S/C24H25ClFN3O5S/c1-24(2,3)17-13-16(29-11-10-19(30)27-23(29)31)12-15(22(17)34-4)7-6-14-8-9-18(21(26)20(14)25)28-35(5,32)33/h8-9,12-13,28H,10-11H2,1-5H3,(H,27,30,31). The van der Waals surface area contributed by atoms with Crippen molar-refractivity contribution in [1.29, 1.82) is 0 Å². The van der Waals surface area contributed by atoms with Crippen molar-refractivity contribution in [3.8, 4) is 17.6 Å². The van der Waals surface area contributed by atoms with Crippen molar-refractivity contribution in [3.63, 3.8) is 0 Å². The molecule has 3 amide bonds. The van der Waals surface area contributed by atoms with Gasteiger partial charge in [0.25, 0.3) is 0 Å². The van der Waals surface area contributed by atoms with Gasteiger partial charge in [0.15, 0.2) is 5.82 Å². The van der Waals surface area contributed by atoms with Crippen LogP contribution in [0.1, 0.15) is 43.9 Å². The molecule has 1 heterocycles. The first kappa shape index (κ1) is 26.3. The van der Waals surface area contributed by atoms with Crippen LogP contribution in [0.5, 0.6) is 5.75 Å². The third-order valence-electron chi connectivity index (χ3n) is 5.16. The molecule has 186 valence electrons. The fourth-order valence-corrected chi connectivity index (χ4v) is 4.28. The predicted octanol–water partition coefficient (Wildman–Crippen LogP) is 4.00. The number of hydrogen-bond donors (Lipinski definition) is 2. The molecular formula is C24H25ClFN3O5S. The van der Waals surface area contributed by atoms with Crippen molar-refractivity contribution in [1.82, 2.24) is 5.32 Å². The summed E-state index contributed by atoms with van der Waals surface area (Å²) < 4.78 is 45.2. The van der Waals surface area contributed by atoms with E-state index in [0.29, 0.717) is 17.0 Å². The van der Waals surface area contributed by atoms with E-state index in [2.05, 4.69) is 21.9 Å². The molecule has 1 aliphatic heterocycles. The molecule has 0 saturated carbocycles. The lowest BCUT2D eigenvalue weighted by atomic mass is 9.84. The number of nitrogens with one attached hydrogen (secondary N) is 2. The molecule has 2 aromatic carbocycles. The molecule has 1 fully saturated rings. The van der Waals surface area contributed by atoms with Crippen molar-refractivity contribution in [2.75, 3.05) is 29.5 Å². The lowest BCUT2D eigenvalue weighted by molar-refractivity contribution is -0.120. The summed E-state index contributed by atoms with van der Waals surface area (Å²) in [4.78, 5) is 25.5. The Morgan fingerprint density at radius 3 is 2.40 bits per heavy atom. The zero-order valence-electron chi connectivity index (χ0n) is 19.9. The average molecular weight is 522 g/mol. The summed E-state index contributed by atoms with van der Waals surface area (Å²) >= 11 is 6.12. The molecule has 3 rings (SSSR count). The van der Waals surface area contributed by atoms with Crippen LogP contribution in [-0.4, -0.2) is 40.3 Å². The number of rotatable bonds is 4. The van der Waals surface area contributed by atoms with Gasteiger partial charge in [-0.2, -0.15) is 0 Å². The molecule has 35 heavy (non-hydrogen) atoms. The second kappa shape index (κ2) is 9.76. The fraction of sp³-hybridized carbons (Fsp3) is 0.333. The van der Waals surface area contributed by atoms with Gasteiger partial charge in [-0.1, -0.05) is 44.2 Å². The number of sulfonamides is 1. The number of nitrogens with zero attached hydrogens (tertiary/aromatic N) is 1. The first-order valence-corrected chi connectivity index (χ1v) is 12.8. The van der Waals surface area contributed by atoms with Crippen LogP contribution in [0.4, 0.5) is 20.6 Å². The van der Waals surface area contributed by atoms with Gasteiger partial charge in [0.2, 0.25) is 15.9 Å². The number of anilines is 2. The summed E-state index contributed by atoms with van der Waals surface area (Å²) in [5.41, 5.74) is 1.18. The number of amides is 3. The number of methoxy groups -OCH3 is 1. The molecule has 0 bridgehead atoms. The molecule has 11 heteroatoms. The summed E-state index contributed by atoms with van der Waals surface area (Å²) in [5, 5.41) is 1.96. The predicted molar refractivity (Wildman–Crippen MR) is 133 cm³/mol. The van der Waals surface area contributed by atoms with Gasteiger partial charge in [-0.3, -0.25) is 19.7 Å². The maximum atomic E-state index is 14.6. The van der Waals surface area contributed by atoms with Crippen LogP contribution < -0.4 is 19.7 Å². The Morgan fingerprint density at radius 1 is 1.17 bits per heavy atom. The number of ether oxygens (including phenoxy) is 1. The summed E-state index contributed by atoms with van der Waals surface area (Å²) in [6, 6.07) is 5.56. The van der Waals surface area contributed by atoms with Crippen LogP contribution in [-0.2, 0) is 20.2 Å².